The van der Waals surface area contributed by atoms with E-state index >= 15 is 0 Å². The third-order valence-electron chi connectivity index (χ3n) is 3.31. The first-order valence-electron chi connectivity index (χ1n) is 6.06. The minimum absolute atomic E-state index is 0.112. The van der Waals surface area contributed by atoms with E-state index in [4.69, 9.17) is 0 Å². The first-order valence-corrected chi connectivity index (χ1v) is 7.88. The van der Waals surface area contributed by atoms with E-state index in [1.165, 1.54) is 0 Å². The smallest absolute Gasteiger partial charge is 0.209 e. The summed E-state index contributed by atoms with van der Waals surface area (Å²) in [5, 5.41) is 0. The highest BCUT2D eigenvalue weighted by atomic mass is 32.2. The van der Waals surface area contributed by atoms with E-state index in [0.29, 0.717) is 13.0 Å². The zero-order valence-corrected chi connectivity index (χ0v) is 11.0. The van der Waals surface area contributed by atoms with Crippen LogP contribution in [0.3, 0.4) is 0 Å². The molecule has 4 nitrogen and oxygen atoms in total. The molecule has 0 bridgehead atoms. The van der Waals surface area contributed by atoms with Crippen molar-refractivity contribution >= 4 is 16.2 Å². The Balaban J connectivity index is 1.92. The molecule has 0 saturated carbocycles. The normalized spacial score (nSPS) is 21.7. The van der Waals surface area contributed by atoms with Crippen molar-refractivity contribution in [2.75, 3.05) is 18.1 Å². The summed E-state index contributed by atoms with van der Waals surface area (Å²) in [5.74, 6) is 0.313. The van der Waals surface area contributed by atoms with Crippen LogP contribution in [0.1, 0.15) is 12.0 Å². The van der Waals surface area contributed by atoms with Crippen LogP contribution in [-0.4, -0.2) is 43.8 Å². The van der Waals surface area contributed by atoms with Gasteiger partial charge in [-0.1, -0.05) is 30.3 Å². The average Bonchev–Trinajstić information content (AvgIpc) is 2.72. The highest BCUT2D eigenvalue weighted by Crippen LogP contribution is 2.17. The molecule has 1 aliphatic rings. The molecule has 18 heavy (non-hydrogen) atoms. The monoisotopic (exact) mass is 267 g/mol. The summed E-state index contributed by atoms with van der Waals surface area (Å²) < 4.78 is 22.8. The van der Waals surface area contributed by atoms with E-state index in [0.717, 1.165) is 18.4 Å². The molecule has 0 aromatic heterocycles. The van der Waals surface area contributed by atoms with E-state index < -0.39 is 9.84 Å². The Kier molecular flexibility index (Phi) is 4.01. The Morgan fingerprint density at radius 3 is 2.56 bits per heavy atom. The van der Waals surface area contributed by atoms with Gasteiger partial charge in [-0.25, -0.2) is 8.42 Å². The summed E-state index contributed by atoms with van der Waals surface area (Å²) >= 11 is 0. The molecular weight excluding hydrogens is 250 g/mol. The molecule has 0 radical (unpaired) electrons. The Bertz CT molecular complexity index is 498. The second-order valence-corrected chi connectivity index (χ2v) is 6.86. The molecule has 1 fully saturated rings. The van der Waals surface area contributed by atoms with Gasteiger partial charge < -0.3 is 4.90 Å². The molecule has 0 spiro atoms. The van der Waals surface area contributed by atoms with E-state index in [1.54, 1.807) is 4.90 Å². The molecule has 0 N–H and O–H groups in total. The topological polar surface area (TPSA) is 54.5 Å². The lowest BCUT2D eigenvalue weighted by Gasteiger charge is -2.23. The largest absolute Gasteiger partial charge is 0.341 e. The molecule has 1 aromatic rings. The molecule has 0 unspecified atom stereocenters. The minimum Gasteiger partial charge on any atom is -0.341 e. The number of hydrogen-bond acceptors (Lipinski definition) is 3. The van der Waals surface area contributed by atoms with Crippen molar-refractivity contribution in [3.63, 3.8) is 0 Å². The predicted octanol–water partition coefficient (Wildman–Crippen LogP) is 0.875. The SMILES string of the molecule is O=CN(CCc1ccccc1)[C@H]1CCS(=O)(=O)C1. The van der Waals surface area contributed by atoms with Crippen LogP contribution >= 0.6 is 0 Å². The number of benzene rings is 1. The standard InChI is InChI=1S/C13H17NO3S/c15-11-14(13-7-9-18(16,17)10-13)8-6-12-4-2-1-3-5-12/h1-5,11,13H,6-10H2/t13-/m0/s1. The highest BCUT2D eigenvalue weighted by Gasteiger charge is 2.31. The molecule has 98 valence electrons. The van der Waals surface area contributed by atoms with E-state index in [1.807, 2.05) is 30.3 Å². The summed E-state index contributed by atoms with van der Waals surface area (Å²) in [5.41, 5.74) is 1.16. The van der Waals surface area contributed by atoms with Crippen molar-refractivity contribution in [1.82, 2.24) is 4.90 Å². The van der Waals surface area contributed by atoms with Gasteiger partial charge >= 0.3 is 0 Å². The van der Waals surface area contributed by atoms with Crippen LogP contribution in [0.2, 0.25) is 0 Å². The zero-order chi connectivity index (χ0) is 13.0. The van der Waals surface area contributed by atoms with Crippen LogP contribution in [0.15, 0.2) is 30.3 Å². The lowest BCUT2D eigenvalue weighted by atomic mass is 10.1. The number of nitrogens with zero attached hydrogens (tertiary/aromatic N) is 1. The Labute approximate surface area is 108 Å². The fourth-order valence-corrected chi connectivity index (χ4v) is 4.00. The van der Waals surface area contributed by atoms with Crippen molar-refractivity contribution in [3.8, 4) is 0 Å². The molecule has 1 heterocycles. The second-order valence-electron chi connectivity index (χ2n) is 4.64. The Morgan fingerprint density at radius 1 is 1.28 bits per heavy atom. The molecule has 5 heteroatoms. The number of carbonyl (C=O) groups is 1. The number of hydrogen-bond donors (Lipinski definition) is 0. The van der Waals surface area contributed by atoms with Gasteiger partial charge in [-0.05, 0) is 18.4 Å². The molecule has 1 aromatic carbocycles. The van der Waals surface area contributed by atoms with Crippen LogP contribution in [-0.2, 0) is 21.1 Å². The number of carbonyl (C=O) groups excluding carboxylic acids is 1. The summed E-state index contributed by atoms with van der Waals surface area (Å²) in [6, 6.07) is 9.74. The molecule has 2 rings (SSSR count). The predicted molar refractivity (Wildman–Crippen MR) is 70.0 cm³/mol. The van der Waals surface area contributed by atoms with Crippen LogP contribution in [0.4, 0.5) is 0 Å². The van der Waals surface area contributed by atoms with Crippen LogP contribution in [0, 0.1) is 0 Å². The fourth-order valence-electron chi connectivity index (χ4n) is 2.26. The van der Waals surface area contributed by atoms with Crippen molar-refractivity contribution in [1.29, 1.82) is 0 Å². The summed E-state index contributed by atoms with van der Waals surface area (Å²) in [4.78, 5) is 12.7. The molecule has 1 saturated heterocycles. The van der Waals surface area contributed by atoms with Gasteiger partial charge in [0.2, 0.25) is 6.41 Å². The average molecular weight is 267 g/mol. The van der Waals surface area contributed by atoms with Gasteiger partial charge in [0.05, 0.1) is 11.5 Å². The minimum atomic E-state index is -2.93. The molecule has 1 aliphatic heterocycles. The zero-order valence-electron chi connectivity index (χ0n) is 10.2. The van der Waals surface area contributed by atoms with Crippen molar-refractivity contribution in [2.24, 2.45) is 0 Å². The van der Waals surface area contributed by atoms with Crippen molar-refractivity contribution < 1.29 is 13.2 Å². The van der Waals surface area contributed by atoms with Crippen LogP contribution in [0.25, 0.3) is 0 Å². The Morgan fingerprint density at radius 2 is 2.00 bits per heavy atom. The number of amides is 1. The highest BCUT2D eigenvalue weighted by molar-refractivity contribution is 7.91. The lowest BCUT2D eigenvalue weighted by Crippen LogP contribution is -2.36. The first-order chi connectivity index (χ1) is 8.61. The van der Waals surface area contributed by atoms with Crippen molar-refractivity contribution in [2.45, 2.75) is 18.9 Å². The van der Waals surface area contributed by atoms with Gasteiger partial charge in [0.25, 0.3) is 0 Å². The first kappa shape index (κ1) is 13.1. The van der Waals surface area contributed by atoms with Gasteiger partial charge in [0, 0.05) is 12.6 Å². The second kappa shape index (κ2) is 5.52. The van der Waals surface area contributed by atoms with E-state index in [-0.39, 0.29) is 17.5 Å². The quantitative estimate of drug-likeness (QED) is 0.744. The Hall–Kier alpha value is -1.36. The summed E-state index contributed by atoms with van der Waals surface area (Å²) in [7, 11) is -2.93. The van der Waals surface area contributed by atoms with Crippen LogP contribution in [0.5, 0.6) is 0 Å². The fraction of sp³-hybridized carbons (Fsp3) is 0.462. The summed E-state index contributed by atoms with van der Waals surface area (Å²) in [6.07, 6.45) is 2.10. The maximum absolute atomic E-state index is 11.4. The van der Waals surface area contributed by atoms with Gasteiger partial charge in [0.15, 0.2) is 9.84 Å². The van der Waals surface area contributed by atoms with Gasteiger partial charge in [-0.2, -0.15) is 0 Å². The van der Waals surface area contributed by atoms with Gasteiger partial charge in [0.1, 0.15) is 0 Å². The third-order valence-corrected chi connectivity index (χ3v) is 5.06. The number of sulfone groups is 1. The summed E-state index contributed by atoms with van der Waals surface area (Å²) in [6.45, 7) is 0.577. The van der Waals surface area contributed by atoms with E-state index in [2.05, 4.69) is 0 Å². The molecule has 1 atom stereocenters. The van der Waals surface area contributed by atoms with E-state index in [9.17, 15) is 13.2 Å². The van der Waals surface area contributed by atoms with Crippen LogP contribution < -0.4 is 0 Å². The van der Waals surface area contributed by atoms with Crippen molar-refractivity contribution in [3.05, 3.63) is 35.9 Å². The maximum Gasteiger partial charge on any atom is 0.209 e. The lowest BCUT2D eigenvalue weighted by molar-refractivity contribution is -0.119. The van der Waals surface area contributed by atoms with Gasteiger partial charge in [-0.3, -0.25) is 4.79 Å². The molecule has 1 amide bonds. The molecular formula is C13H17NO3S. The molecule has 0 aliphatic carbocycles. The maximum atomic E-state index is 11.4. The van der Waals surface area contributed by atoms with Gasteiger partial charge in [-0.15, -0.1) is 0 Å². The third kappa shape index (κ3) is 3.32. The number of rotatable bonds is 5.